The van der Waals surface area contributed by atoms with Crippen molar-refractivity contribution >= 4 is 28.7 Å². The van der Waals surface area contributed by atoms with Crippen molar-refractivity contribution in [3.63, 3.8) is 0 Å². The lowest BCUT2D eigenvalue weighted by Crippen LogP contribution is -2.30. The molecule has 0 aliphatic heterocycles. The lowest BCUT2D eigenvalue weighted by atomic mass is 10.2. The van der Waals surface area contributed by atoms with E-state index in [2.05, 4.69) is 46.6 Å². The summed E-state index contributed by atoms with van der Waals surface area (Å²) >= 11 is 1.71. The lowest BCUT2D eigenvalue weighted by molar-refractivity contribution is -0.123. The standard InChI is InChI=1S/C20H24N4O2S/c1-13-5-7-16(8-6-13)27-10-9-21-17(25)12-26-20-18-14(2)11-15(3)22-19(18)24(4)23-20/h5-8,11H,9-10,12H2,1-4H3,(H,21,25). The second-order valence-corrected chi connectivity index (χ2v) is 7.68. The fourth-order valence-electron chi connectivity index (χ4n) is 2.83. The van der Waals surface area contributed by atoms with Gasteiger partial charge in [0, 0.05) is 29.9 Å². The number of aromatic nitrogens is 3. The van der Waals surface area contributed by atoms with Crippen molar-refractivity contribution in [2.75, 3.05) is 18.9 Å². The Kier molecular flexibility index (Phi) is 6.01. The van der Waals surface area contributed by atoms with E-state index in [1.807, 2.05) is 27.0 Å². The molecule has 0 atom stereocenters. The van der Waals surface area contributed by atoms with Gasteiger partial charge in [0.05, 0.1) is 5.39 Å². The van der Waals surface area contributed by atoms with Crippen LogP contribution in [0.15, 0.2) is 35.2 Å². The highest BCUT2D eigenvalue weighted by Crippen LogP contribution is 2.26. The molecule has 3 rings (SSSR count). The van der Waals surface area contributed by atoms with E-state index >= 15 is 0 Å². The number of hydrogen-bond donors (Lipinski definition) is 1. The van der Waals surface area contributed by atoms with Crippen LogP contribution < -0.4 is 10.1 Å². The summed E-state index contributed by atoms with van der Waals surface area (Å²) in [6, 6.07) is 10.3. The Morgan fingerprint density at radius 3 is 2.70 bits per heavy atom. The molecule has 0 bridgehead atoms. The summed E-state index contributed by atoms with van der Waals surface area (Å²) in [6.07, 6.45) is 0. The third kappa shape index (κ3) is 4.80. The zero-order valence-corrected chi connectivity index (χ0v) is 16.9. The maximum absolute atomic E-state index is 12.1. The molecule has 0 unspecified atom stereocenters. The Bertz CT molecular complexity index is 951. The van der Waals surface area contributed by atoms with Crippen LogP contribution in [0.1, 0.15) is 16.8 Å². The average Bonchev–Trinajstić information content (AvgIpc) is 2.94. The van der Waals surface area contributed by atoms with Gasteiger partial charge in [-0.15, -0.1) is 16.9 Å². The summed E-state index contributed by atoms with van der Waals surface area (Å²) in [5, 5.41) is 8.09. The summed E-state index contributed by atoms with van der Waals surface area (Å²) < 4.78 is 7.34. The van der Waals surface area contributed by atoms with E-state index in [1.165, 1.54) is 10.5 Å². The summed E-state index contributed by atoms with van der Waals surface area (Å²) in [7, 11) is 1.82. The number of hydrogen-bond acceptors (Lipinski definition) is 5. The van der Waals surface area contributed by atoms with Gasteiger partial charge in [0.2, 0.25) is 5.88 Å². The molecule has 142 valence electrons. The van der Waals surface area contributed by atoms with Gasteiger partial charge in [-0.2, -0.15) is 0 Å². The number of rotatable bonds is 7. The molecule has 27 heavy (non-hydrogen) atoms. The summed E-state index contributed by atoms with van der Waals surface area (Å²) in [5.74, 6) is 1.10. The van der Waals surface area contributed by atoms with E-state index in [-0.39, 0.29) is 12.5 Å². The first-order chi connectivity index (χ1) is 12.9. The van der Waals surface area contributed by atoms with E-state index in [0.29, 0.717) is 12.4 Å². The molecule has 2 aromatic heterocycles. The first kappa shape index (κ1) is 19.2. The molecule has 0 aliphatic carbocycles. The van der Waals surface area contributed by atoms with E-state index in [4.69, 9.17) is 4.74 Å². The number of benzene rings is 1. The van der Waals surface area contributed by atoms with Crippen LogP contribution in [0.4, 0.5) is 0 Å². The molecule has 0 aliphatic rings. The van der Waals surface area contributed by atoms with Gasteiger partial charge >= 0.3 is 0 Å². The van der Waals surface area contributed by atoms with Crippen LogP contribution in [0.5, 0.6) is 5.88 Å². The van der Waals surface area contributed by atoms with E-state index in [0.717, 1.165) is 28.0 Å². The van der Waals surface area contributed by atoms with E-state index in [9.17, 15) is 4.79 Å². The number of nitrogens with zero attached hydrogens (tertiary/aromatic N) is 3. The first-order valence-corrected chi connectivity index (χ1v) is 9.82. The molecule has 0 spiro atoms. The number of amides is 1. The van der Waals surface area contributed by atoms with Crippen molar-refractivity contribution in [3.05, 3.63) is 47.2 Å². The van der Waals surface area contributed by atoms with Crippen molar-refractivity contribution < 1.29 is 9.53 Å². The molecule has 2 heterocycles. The quantitative estimate of drug-likeness (QED) is 0.500. The van der Waals surface area contributed by atoms with Gasteiger partial charge in [-0.05, 0) is 44.5 Å². The number of thioether (sulfide) groups is 1. The Morgan fingerprint density at radius 1 is 1.22 bits per heavy atom. The highest BCUT2D eigenvalue weighted by molar-refractivity contribution is 7.99. The number of carbonyl (C=O) groups is 1. The molecule has 0 fully saturated rings. The summed E-state index contributed by atoms with van der Waals surface area (Å²) in [4.78, 5) is 17.8. The highest BCUT2D eigenvalue weighted by Gasteiger charge is 2.15. The topological polar surface area (TPSA) is 69.0 Å². The molecule has 3 aromatic rings. The number of ether oxygens (including phenoxy) is 1. The third-order valence-electron chi connectivity index (χ3n) is 4.14. The molecule has 0 radical (unpaired) electrons. The van der Waals surface area contributed by atoms with E-state index < -0.39 is 0 Å². The molecule has 0 saturated carbocycles. The number of aryl methyl sites for hydroxylation is 4. The first-order valence-electron chi connectivity index (χ1n) is 8.84. The number of carbonyl (C=O) groups excluding carboxylic acids is 1. The lowest BCUT2D eigenvalue weighted by Gasteiger charge is -2.07. The Morgan fingerprint density at radius 2 is 1.96 bits per heavy atom. The van der Waals surface area contributed by atoms with Crippen LogP contribution in [0.3, 0.4) is 0 Å². The van der Waals surface area contributed by atoms with Crippen molar-refractivity contribution in [3.8, 4) is 5.88 Å². The third-order valence-corrected chi connectivity index (χ3v) is 5.15. The zero-order valence-electron chi connectivity index (χ0n) is 16.1. The molecular weight excluding hydrogens is 360 g/mol. The minimum Gasteiger partial charge on any atom is -0.466 e. The molecule has 0 saturated heterocycles. The largest absolute Gasteiger partial charge is 0.466 e. The van der Waals surface area contributed by atoms with Gasteiger partial charge in [-0.25, -0.2) is 9.67 Å². The number of nitrogens with one attached hydrogen (secondary N) is 1. The SMILES string of the molecule is Cc1ccc(SCCNC(=O)COc2nn(C)c3nc(C)cc(C)c23)cc1. The fraction of sp³-hybridized carbons (Fsp3) is 0.350. The van der Waals surface area contributed by atoms with Gasteiger partial charge in [-0.1, -0.05) is 17.7 Å². The van der Waals surface area contributed by atoms with Gasteiger partial charge in [-0.3, -0.25) is 4.79 Å². The molecule has 1 N–H and O–H groups in total. The van der Waals surface area contributed by atoms with Gasteiger partial charge in [0.1, 0.15) is 0 Å². The van der Waals surface area contributed by atoms with Crippen LogP contribution in [0, 0.1) is 20.8 Å². The maximum Gasteiger partial charge on any atom is 0.258 e. The Balaban J connectivity index is 1.49. The van der Waals surface area contributed by atoms with Crippen LogP contribution in [-0.2, 0) is 11.8 Å². The number of fused-ring (bicyclic) bond motifs is 1. The molecule has 1 amide bonds. The predicted octanol–water partition coefficient (Wildman–Crippen LogP) is 3.18. The number of pyridine rings is 1. The second kappa shape index (κ2) is 8.43. The van der Waals surface area contributed by atoms with Crippen molar-refractivity contribution in [2.24, 2.45) is 7.05 Å². The van der Waals surface area contributed by atoms with Crippen molar-refractivity contribution in [1.82, 2.24) is 20.1 Å². The van der Waals surface area contributed by atoms with Crippen molar-refractivity contribution in [2.45, 2.75) is 25.7 Å². The zero-order chi connectivity index (χ0) is 19.4. The monoisotopic (exact) mass is 384 g/mol. The summed E-state index contributed by atoms with van der Waals surface area (Å²) in [5.41, 5.74) is 3.97. The second-order valence-electron chi connectivity index (χ2n) is 6.51. The molecular formula is C20H24N4O2S. The van der Waals surface area contributed by atoms with Gasteiger partial charge < -0.3 is 10.1 Å². The molecule has 6 nitrogen and oxygen atoms in total. The van der Waals surface area contributed by atoms with Crippen molar-refractivity contribution in [1.29, 1.82) is 0 Å². The minimum absolute atomic E-state index is 0.0609. The van der Waals surface area contributed by atoms with Gasteiger partial charge in [0.25, 0.3) is 5.91 Å². The van der Waals surface area contributed by atoms with Gasteiger partial charge in [0.15, 0.2) is 12.3 Å². The smallest absolute Gasteiger partial charge is 0.258 e. The molecule has 1 aromatic carbocycles. The normalized spacial score (nSPS) is 11.0. The average molecular weight is 385 g/mol. The Hall–Kier alpha value is -2.54. The van der Waals surface area contributed by atoms with E-state index in [1.54, 1.807) is 16.4 Å². The molecule has 7 heteroatoms. The van der Waals surface area contributed by atoms with Crippen LogP contribution >= 0.6 is 11.8 Å². The Labute approximate surface area is 163 Å². The maximum atomic E-state index is 12.1. The predicted molar refractivity (Wildman–Crippen MR) is 108 cm³/mol. The minimum atomic E-state index is -0.156. The highest BCUT2D eigenvalue weighted by atomic mass is 32.2. The van der Waals surface area contributed by atoms with Crippen LogP contribution in [0.25, 0.3) is 11.0 Å². The van der Waals surface area contributed by atoms with Crippen LogP contribution in [0.2, 0.25) is 0 Å². The summed E-state index contributed by atoms with van der Waals surface area (Å²) in [6.45, 7) is 6.53. The van der Waals surface area contributed by atoms with Crippen LogP contribution in [-0.4, -0.2) is 39.6 Å². The fourth-order valence-corrected chi connectivity index (χ4v) is 3.60.